The zero-order valence-corrected chi connectivity index (χ0v) is 19.9. The van der Waals surface area contributed by atoms with Crippen molar-refractivity contribution in [1.82, 2.24) is 9.80 Å². The second-order valence-corrected chi connectivity index (χ2v) is 8.40. The monoisotopic (exact) mass is 474 g/mol. The van der Waals surface area contributed by atoms with Crippen LogP contribution >= 0.6 is 0 Å². The first-order valence-corrected chi connectivity index (χ1v) is 11.7. The van der Waals surface area contributed by atoms with Crippen LogP contribution in [-0.4, -0.2) is 41.5 Å². The van der Waals surface area contributed by atoms with E-state index < -0.39 is 0 Å². The molecular formula is C28H30N2O5. The number of nitrogens with zero attached hydrogens (tertiary/aromatic N) is 2. The van der Waals surface area contributed by atoms with E-state index in [0.717, 1.165) is 11.1 Å². The van der Waals surface area contributed by atoms with Gasteiger partial charge in [0.2, 0.25) is 18.6 Å². The third-order valence-corrected chi connectivity index (χ3v) is 5.99. The average molecular weight is 475 g/mol. The maximum atomic E-state index is 13.5. The van der Waals surface area contributed by atoms with Crippen molar-refractivity contribution in [2.24, 2.45) is 0 Å². The Morgan fingerprint density at radius 2 is 1.80 bits per heavy atom. The Labute approximate surface area is 205 Å². The lowest BCUT2D eigenvalue weighted by Gasteiger charge is -2.29. The first-order chi connectivity index (χ1) is 17.1. The molecule has 182 valence electrons. The lowest BCUT2D eigenvalue weighted by Crippen LogP contribution is -2.44. The minimum atomic E-state index is -0.323. The summed E-state index contributed by atoms with van der Waals surface area (Å²) in [4.78, 5) is 30.3. The molecule has 0 fully saturated rings. The van der Waals surface area contributed by atoms with Gasteiger partial charge in [0.25, 0.3) is 0 Å². The van der Waals surface area contributed by atoms with E-state index in [9.17, 15) is 9.59 Å². The van der Waals surface area contributed by atoms with E-state index >= 15 is 0 Å². The molecule has 0 radical (unpaired) electrons. The molecule has 1 unspecified atom stereocenters. The van der Waals surface area contributed by atoms with Gasteiger partial charge < -0.3 is 23.7 Å². The molecule has 0 bridgehead atoms. The third-order valence-electron chi connectivity index (χ3n) is 5.99. The van der Waals surface area contributed by atoms with E-state index in [1.54, 1.807) is 28.2 Å². The number of fused-ring (bicyclic) bond motifs is 1. The minimum absolute atomic E-state index is 0.0561. The van der Waals surface area contributed by atoms with Crippen LogP contribution in [0.25, 0.3) is 0 Å². The summed E-state index contributed by atoms with van der Waals surface area (Å²) in [6.07, 6.45) is 3.87. The SMILES string of the molecule is C=CCN(CC(=O)N(Cc1ccc2c(c1)OCO2)Cc1ccco1)C(=O)C(CC)c1ccccc1. The standard InChI is InChI=1S/C28H30N2O5/c1-3-14-29(28(32)24(4-2)22-9-6-5-7-10-22)19-27(31)30(18-23-11-8-15-33-23)17-21-12-13-25-26(16-21)35-20-34-25/h3,5-13,15-16,24H,1,4,14,17-20H2,2H3. The zero-order valence-electron chi connectivity index (χ0n) is 19.9. The average Bonchev–Trinajstić information content (AvgIpc) is 3.56. The van der Waals surface area contributed by atoms with Gasteiger partial charge in [0.05, 0.1) is 18.7 Å². The Morgan fingerprint density at radius 3 is 2.51 bits per heavy atom. The predicted octanol–water partition coefficient (Wildman–Crippen LogP) is 4.75. The van der Waals surface area contributed by atoms with Crippen LogP contribution in [0.4, 0.5) is 0 Å². The largest absolute Gasteiger partial charge is 0.467 e. The van der Waals surface area contributed by atoms with Crippen molar-refractivity contribution in [3.05, 3.63) is 96.5 Å². The molecule has 0 aliphatic carbocycles. The van der Waals surface area contributed by atoms with E-state index in [4.69, 9.17) is 13.9 Å². The fraction of sp³-hybridized carbons (Fsp3) is 0.286. The molecule has 35 heavy (non-hydrogen) atoms. The van der Waals surface area contributed by atoms with Gasteiger partial charge in [-0.25, -0.2) is 0 Å². The quantitative estimate of drug-likeness (QED) is 0.375. The molecule has 7 nitrogen and oxygen atoms in total. The zero-order chi connectivity index (χ0) is 24.6. The van der Waals surface area contributed by atoms with Gasteiger partial charge in [-0.2, -0.15) is 0 Å². The second kappa shape index (κ2) is 11.4. The summed E-state index contributed by atoms with van der Waals surface area (Å²) in [5, 5.41) is 0. The van der Waals surface area contributed by atoms with Gasteiger partial charge in [0, 0.05) is 13.1 Å². The van der Waals surface area contributed by atoms with Crippen molar-refractivity contribution >= 4 is 11.8 Å². The number of hydrogen-bond donors (Lipinski definition) is 0. The Balaban J connectivity index is 1.53. The van der Waals surface area contributed by atoms with E-state index in [1.807, 2.05) is 61.5 Å². The van der Waals surface area contributed by atoms with Gasteiger partial charge in [-0.05, 0) is 41.8 Å². The summed E-state index contributed by atoms with van der Waals surface area (Å²) < 4.78 is 16.4. The van der Waals surface area contributed by atoms with Gasteiger partial charge in [-0.1, -0.05) is 49.4 Å². The fourth-order valence-electron chi connectivity index (χ4n) is 4.19. The normalized spacial score (nSPS) is 12.7. The van der Waals surface area contributed by atoms with Gasteiger partial charge >= 0.3 is 0 Å². The maximum absolute atomic E-state index is 13.5. The Bertz CT molecular complexity index is 1140. The summed E-state index contributed by atoms with van der Waals surface area (Å²) >= 11 is 0. The molecule has 1 aliphatic rings. The van der Waals surface area contributed by atoms with Crippen molar-refractivity contribution < 1.29 is 23.5 Å². The molecule has 7 heteroatoms. The van der Waals surface area contributed by atoms with Gasteiger partial charge in [-0.15, -0.1) is 6.58 Å². The summed E-state index contributed by atoms with van der Waals surface area (Å²) in [5.41, 5.74) is 1.83. The summed E-state index contributed by atoms with van der Waals surface area (Å²) in [6, 6.07) is 18.9. The first-order valence-electron chi connectivity index (χ1n) is 11.7. The van der Waals surface area contributed by atoms with E-state index in [2.05, 4.69) is 6.58 Å². The molecule has 0 saturated heterocycles. The molecule has 1 aromatic heterocycles. The molecule has 0 N–H and O–H groups in total. The minimum Gasteiger partial charge on any atom is -0.467 e. The van der Waals surface area contributed by atoms with E-state index in [-0.39, 0.29) is 44.2 Å². The molecular weight excluding hydrogens is 444 g/mol. The Hall–Kier alpha value is -4.00. The number of furan rings is 1. The van der Waals surface area contributed by atoms with Gasteiger partial charge in [0.1, 0.15) is 12.3 Å². The maximum Gasteiger partial charge on any atom is 0.242 e. The smallest absolute Gasteiger partial charge is 0.242 e. The van der Waals surface area contributed by atoms with Crippen LogP contribution in [0.1, 0.15) is 36.1 Å². The van der Waals surface area contributed by atoms with Crippen LogP contribution in [0, 0.1) is 0 Å². The first kappa shape index (κ1) is 24.1. The van der Waals surface area contributed by atoms with Crippen LogP contribution in [0.2, 0.25) is 0 Å². The number of benzene rings is 2. The van der Waals surface area contributed by atoms with Crippen LogP contribution in [0.3, 0.4) is 0 Å². The number of hydrogen-bond acceptors (Lipinski definition) is 5. The molecule has 2 amide bonds. The van der Waals surface area contributed by atoms with Crippen LogP contribution in [0.15, 0.2) is 84.0 Å². The molecule has 1 atom stereocenters. The van der Waals surface area contributed by atoms with Crippen molar-refractivity contribution in [3.8, 4) is 11.5 Å². The lowest BCUT2D eigenvalue weighted by molar-refractivity contribution is -0.141. The highest BCUT2D eigenvalue weighted by molar-refractivity contribution is 5.88. The van der Waals surface area contributed by atoms with Crippen LogP contribution < -0.4 is 9.47 Å². The topological polar surface area (TPSA) is 72.2 Å². The highest BCUT2D eigenvalue weighted by Gasteiger charge is 2.27. The number of ether oxygens (including phenoxy) is 2. The van der Waals surface area contributed by atoms with E-state index in [1.165, 1.54) is 0 Å². The van der Waals surface area contributed by atoms with Crippen molar-refractivity contribution in [1.29, 1.82) is 0 Å². The number of rotatable bonds is 11. The number of carbonyl (C=O) groups excluding carboxylic acids is 2. The summed E-state index contributed by atoms with van der Waals surface area (Å²) in [6.45, 7) is 6.81. The molecule has 0 saturated carbocycles. The third kappa shape index (κ3) is 5.93. The molecule has 1 aliphatic heterocycles. The summed E-state index contributed by atoms with van der Waals surface area (Å²) in [5.74, 6) is 1.41. The predicted molar refractivity (Wildman–Crippen MR) is 132 cm³/mol. The molecule has 2 aromatic carbocycles. The van der Waals surface area contributed by atoms with Crippen molar-refractivity contribution in [3.63, 3.8) is 0 Å². The highest BCUT2D eigenvalue weighted by atomic mass is 16.7. The fourth-order valence-corrected chi connectivity index (χ4v) is 4.19. The lowest BCUT2D eigenvalue weighted by atomic mass is 9.95. The van der Waals surface area contributed by atoms with Crippen LogP contribution in [0.5, 0.6) is 11.5 Å². The van der Waals surface area contributed by atoms with Crippen molar-refractivity contribution in [2.75, 3.05) is 19.9 Å². The molecule has 4 rings (SSSR count). The second-order valence-electron chi connectivity index (χ2n) is 8.40. The number of carbonyl (C=O) groups is 2. The van der Waals surface area contributed by atoms with Crippen molar-refractivity contribution in [2.45, 2.75) is 32.4 Å². The Morgan fingerprint density at radius 1 is 1.00 bits per heavy atom. The highest BCUT2D eigenvalue weighted by Crippen LogP contribution is 2.33. The number of amides is 2. The van der Waals surface area contributed by atoms with Crippen LogP contribution in [-0.2, 0) is 22.7 Å². The molecule has 3 aromatic rings. The van der Waals surface area contributed by atoms with Gasteiger partial charge in [-0.3, -0.25) is 9.59 Å². The molecule has 0 spiro atoms. The van der Waals surface area contributed by atoms with E-state index in [0.29, 0.717) is 30.2 Å². The summed E-state index contributed by atoms with van der Waals surface area (Å²) in [7, 11) is 0. The molecule has 2 heterocycles. The Kier molecular flexibility index (Phi) is 7.88. The van der Waals surface area contributed by atoms with Gasteiger partial charge in [0.15, 0.2) is 11.5 Å².